The predicted molar refractivity (Wildman–Crippen MR) is 68.6 cm³/mol. The molecule has 0 aromatic heterocycles. The third-order valence-corrected chi connectivity index (χ3v) is 2.94. The van der Waals surface area contributed by atoms with E-state index in [9.17, 15) is 9.18 Å². The Morgan fingerprint density at radius 3 is 2.68 bits per heavy atom. The summed E-state index contributed by atoms with van der Waals surface area (Å²) >= 11 is 0. The molecule has 0 amide bonds. The Balaban J connectivity index is 1.90. The summed E-state index contributed by atoms with van der Waals surface area (Å²) in [6.07, 6.45) is 0.703. The highest BCUT2D eigenvalue weighted by molar-refractivity contribution is 5.72. The van der Waals surface area contributed by atoms with Gasteiger partial charge in [-0.25, -0.2) is 9.18 Å². The third-order valence-electron chi connectivity index (χ3n) is 2.94. The minimum absolute atomic E-state index is 0.0877. The van der Waals surface area contributed by atoms with E-state index in [0.29, 0.717) is 25.4 Å². The van der Waals surface area contributed by atoms with Crippen molar-refractivity contribution in [3.63, 3.8) is 0 Å². The van der Waals surface area contributed by atoms with Crippen molar-refractivity contribution in [2.75, 3.05) is 13.1 Å². The lowest BCUT2D eigenvalue weighted by molar-refractivity contribution is -0.144. The fraction of sp³-hybridized carbons (Fsp3) is 0.357. The van der Waals surface area contributed by atoms with Gasteiger partial charge in [0, 0.05) is 13.1 Å². The number of halogens is 1. The molecule has 1 atom stereocenters. The van der Waals surface area contributed by atoms with Crippen molar-refractivity contribution in [3.05, 3.63) is 41.7 Å². The molecule has 0 fully saturated rings. The molecule has 0 bridgehead atoms. The Labute approximate surface area is 111 Å². The smallest absolute Gasteiger partial charge is 0.344 e. The number of benzene rings is 1. The van der Waals surface area contributed by atoms with Gasteiger partial charge in [-0.3, -0.25) is 4.90 Å². The second-order valence-electron chi connectivity index (χ2n) is 4.56. The number of aliphatic carboxylic acids is 1. The van der Waals surface area contributed by atoms with Crippen LogP contribution in [-0.2, 0) is 11.3 Å². The molecule has 1 heterocycles. The lowest BCUT2D eigenvalue weighted by Gasteiger charge is -2.15. The third kappa shape index (κ3) is 3.79. The standard InChI is InChI=1S/C14H16FNO3/c1-10(14(17)18)19-13-4-2-11(3-5-13)8-16-7-6-12(15)9-16/h2-6,10H,7-9H2,1H3,(H,17,18). The van der Waals surface area contributed by atoms with Gasteiger partial charge in [0.05, 0.1) is 6.54 Å². The molecule has 2 rings (SSSR count). The lowest BCUT2D eigenvalue weighted by Crippen LogP contribution is -2.23. The number of hydrogen-bond acceptors (Lipinski definition) is 3. The van der Waals surface area contributed by atoms with Gasteiger partial charge in [-0.05, 0) is 30.7 Å². The van der Waals surface area contributed by atoms with E-state index in [1.165, 1.54) is 6.92 Å². The second-order valence-corrected chi connectivity index (χ2v) is 4.56. The molecular weight excluding hydrogens is 249 g/mol. The second kappa shape index (κ2) is 5.84. The largest absolute Gasteiger partial charge is 0.479 e. The monoisotopic (exact) mass is 265 g/mol. The zero-order valence-electron chi connectivity index (χ0n) is 10.7. The van der Waals surface area contributed by atoms with E-state index in [4.69, 9.17) is 9.84 Å². The summed E-state index contributed by atoms with van der Waals surface area (Å²) in [5.41, 5.74) is 1.04. The van der Waals surface area contributed by atoms with Gasteiger partial charge in [-0.2, -0.15) is 0 Å². The molecule has 1 unspecified atom stereocenters. The van der Waals surface area contributed by atoms with E-state index in [0.717, 1.165) is 5.56 Å². The van der Waals surface area contributed by atoms with E-state index in [1.54, 1.807) is 18.2 Å². The minimum Gasteiger partial charge on any atom is -0.479 e. The molecule has 4 nitrogen and oxygen atoms in total. The van der Waals surface area contributed by atoms with E-state index < -0.39 is 12.1 Å². The van der Waals surface area contributed by atoms with Crippen LogP contribution in [0.1, 0.15) is 12.5 Å². The summed E-state index contributed by atoms with van der Waals surface area (Å²) in [5.74, 6) is -0.567. The van der Waals surface area contributed by atoms with Gasteiger partial charge >= 0.3 is 5.97 Å². The molecule has 19 heavy (non-hydrogen) atoms. The highest BCUT2D eigenvalue weighted by Gasteiger charge is 2.14. The van der Waals surface area contributed by atoms with Crippen LogP contribution in [0.4, 0.5) is 4.39 Å². The molecule has 0 saturated heterocycles. The number of carbonyl (C=O) groups is 1. The minimum atomic E-state index is -0.998. The summed E-state index contributed by atoms with van der Waals surface area (Å²) < 4.78 is 18.1. The normalized spacial score (nSPS) is 17.1. The van der Waals surface area contributed by atoms with E-state index in [2.05, 4.69) is 0 Å². The molecule has 0 saturated carbocycles. The zero-order chi connectivity index (χ0) is 13.8. The first kappa shape index (κ1) is 13.5. The Morgan fingerprint density at radius 2 is 2.16 bits per heavy atom. The van der Waals surface area contributed by atoms with Gasteiger partial charge in [0.25, 0.3) is 0 Å². The summed E-state index contributed by atoms with van der Waals surface area (Å²) in [7, 11) is 0. The molecule has 1 N–H and O–H groups in total. The van der Waals surface area contributed by atoms with Crippen LogP contribution < -0.4 is 4.74 Å². The number of ether oxygens (including phenoxy) is 1. The summed E-state index contributed by atoms with van der Waals surface area (Å²) in [5, 5.41) is 8.74. The molecule has 1 aromatic rings. The summed E-state index contributed by atoms with van der Waals surface area (Å²) in [6.45, 7) is 3.13. The molecule has 0 radical (unpaired) electrons. The van der Waals surface area contributed by atoms with Crippen LogP contribution in [0.15, 0.2) is 36.2 Å². The SMILES string of the molecule is CC(Oc1ccc(CN2CC=C(F)C2)cc1)C(=O)O. The van der Waals surface area contributed by atoms with Crippen LogP contribution in [0.3, 0.4) is 0 Å². The van der Waals surface area contributed by atoms with Crippen LogP contribution in [-0.4, -0.2) is 35.2 Å². The highest BCUT2D eigenvalue weighted by Crippen LogP contribution is 2.17. The molecule has 5 heteroatoms. The molecule has 102 valence electrons. The van der Waals surface area contributed by atoms with Crippen LogP contribution >= 0.6 is 0 Å². The lowest BCUT2D eigenvalue weighted by atomic mass is 10.2. The van der Waals surface area contributed by atoms with Crippen molar-refractivity contribution >= 4 is 5.97 Å². The Hall–Kier alpha value is -1.88. The molecule has 0 aliphatic carbocycles. The zero-order valence-corrected chi connectivity index (χ0v) is 10.7. The van der Waals surface area contributed by atoms with Crippen LogP contribution in [0.5, 0.6) is 5.75 Å². The van der Waals surface area contributed by atoms with E-state index in [-0.39, 0.29) is 5.83 Å². The summed E-state index contributed by atoms with van der Waals surface area (Å²) in [4.78, 5) is 12.6. The topological polar surface area (TPSA) is 49.8 Å². The first-order valence-electron chi connectivity index (χ1n) is 6.10. The maximum absolute atomic E-state index is 12.9. The van der Waals surface area contributed by atoms with Crippen molar-refractivity contribution in [1.82, 2.24) is 4.90 Å². The van der Waals surface area contributed by atoms with Crippen LogP contribution in [0, 0.1) is 0 Å². The van der Waals surface area contributed by atoms with Crippen LogP contribution in [0.25, 0.3) is 0 Å². The average Bonchev–Trinajstić information content (AvgIpc) is 2.77. The van der Waals surface area contributed by atoms with Crippen molar-refractivity contribution in [3.8, 4) is 5.75 Å². The fourth-order valence-electron chi connectivity index (χ4n) is 1.88. The first-order valence-corrected chi connectivity index (χ1v) is 6.10. The van der Waals surface area contributed by atoms with E-state index in [1.807, 2.05) is 17.0 Å². The van der Waals surface area contributed by atoms with Crippen LogP contribution in [0.2, 0.25) is 0 Å². The van der Waals surface area contributed by atoms with Crippen molar-refractivity contribution in [2.24, 2.45) is 0 Å². The Morgan fingerprint density at radius 1 is 1.47 bits per heavy atom. The Bertz CT molecular complexity index is 484. The number of carboxylic acid groups (broad SMARTS) is 1. The maximum Gasteiger partial charge on any atom is 0.344 e. The van der Waals surface area contributed by atoms with E-state index >= 15 is 0 Å². The quantitative estimate of drug-likeness (QED) is 0.886. The average molecular weight is 265 g/mol. The molecule has 0 spiro atoms. The molecule has 1 aliphatic rings. The highest BCUT2D eigenvalue weighted by atomic mass is 19.1. The molecular formula is C14H16FNO3. The molecule has 1 aliphatic heterocycles. The van der Waals surface area contributed by atoms with Gasteiger partial charge in [0.2, 0.25) is 0 Å². The number of rotatable bonds is 5. The fourth-order valence-corrected chi connectivity index (χ4v) is 1.88. The van der Waals surface area contributed by atoms with Crippen molar-refractivity contribution in [2.45, 2.75) is 19.6 Å². The molecule has 1 aromatic carbocycles. The van der Waals surface area contributed by atoms with Crippen molar-refractivity contribution in [1.29, 1.82) is 0 Å². The maximum atomic E-state index is 12.9. The van der Waals surface area contributed by atoms with Gasteiger partial charge in [0.1, 0.15) is 11.6 Å². The number of carboxylic acids is 1. The predicted octanol–water partition coefficient (Wildman–Crippen LogP) is 2.21. The van der Waals surface area contributed by atoms with Gasteiger partial charge in [0.15, 0.2) is 6.10 Å². The van der Waals surface area contributed by atoms with Crippen molar-refractivity contribution < 1.29 is 19.0 Å². The van der Waals surface area contributed by atoms with Gasteiger partial charge < -0.3 is 9.84 Å². The van der Waals surface area contributed by atoms with Gasteiger partial charge in [-0.1, -0.05) is 12.1 Å². The number of hydrogen-bond donors (Lipinski definition) is 1. The number of nitrogens with zero attached hydrogens (tertiary/aromatic N) is 1. The van der Waals surface area contributed by atoms with Gasteiger partial charge in [-0.15, -0.1) is 0 Å². The first-order chi connectivity index (χ1) is 9.04. The summed E-state index contributed by atoms with van der Waals surface area (Å²) in [6, 6.07) is 7.18. The Kier molecular flexibility index (Phi) is 4.16.